The Kier molecular flexibility index (Phi) is 4.84. The highest BCUT2D eigenvalue weighted by Crippen LogP contribution is 1.92. The van der Waals surface area contributed by atoms with Crippen LogP contribution in [0.4, 0.5) is 0 Å². The summed E-state index contributed by atoms with van der Waals surface area (Å²) in [6, 6.07) is 0. The highest BCUT2D eigenvalue weighted by molar-refractivity contribution is 7.89. The van der Waals surface area contributed by atoms with Gasteiger partial charge in [0.2, 0.25) is 10.0 Å². The van der Waals surface area contributed by atoms with Crippen molar-refractivity contribution in [3.8, 4) is 0 Å². The second-order valence-corrected chi connectivity index (χ2v) is 5.30. The van der Waals surface area contributed by atoms with E-state index in [9.17, 15) is 8.42 Å². The standard InChI is InChI=1S/C8H16N4O3S/c1-12-7-9-8(11-12)3-4-10-16(14,15)6-2-5-13/h7,10,13H,2-6H2,1H3. The van der Waals surface area contributed by atoms with E-state index in [-0.39, 0.29) is 25.3 Å². The van der Waals surface area contributed by atoms with Crippen LogP contribution < -0.4 is 4.72 Å². The fraction of sp³-hybridized carbons (Fsp3) is 0.750. The smallest absolute Gasteiger partial charge is 0.211 e. The number of hydrogen-bond donors (Lipinski definition) is 2. The molecule has 0 aliphatic heterocycles. The molecule has 0 amide bonds. The van der Waals surface area contributed by atoms with Gasteiger partial charge in [0.1, 0.15) is 6.33 Å². The second-order valence-electron chi connectivity index (χ2n) is 3.37. The summed E-state index contributed by atoms with van der Waals surface area (Å²) in [5, 5.41) is 12.5. The number of rotatable bonds is 7. The fourth-order valence-electron chi connectivity index (χ4n) is 1.14. The van der Waals surface area contributed by atoms with Gasteiger partial charge >= 0.3 is 0 Å². The molecule has 0 atom stereocenters. The number of sulfonamides is 1. The van der Waals surface area contributed by atoms with Gasteiger partial charge in [-0.2, -0.15) is 5.10 Å². The van der Waals surface area contributed by atoms with Gasteiger partial charge in [0, 0.05) is 26.6 Å². The molecule has 0 aliphatic rings. The van der Waals surface area contributed by atoms with E-state index >= 15 is 0 Å². The second kappa shape index (κ2) is 5.92. The summed E-state index contributed by atoms with van der Waals surface area (Å²) in [6.07, 6.45) is 2.27. The molecule has 0 aliphatic carbocycles. The molecule has 8 heteroatoms. The summed E-state index contributed by atoms with van der Waals surface area (Å²) in [4.78, 5) is 3.97. The van der Waals surface area contributed by atoms with Crippen LogP contribution in [-0.4, -0.2) is 47.2 Å². The van der Waals surface area contributed by atoms with Crippen LogP contribution >= 0.6 is 0 Å². The molecule has 7 nitrogen and oxygen atoms in total. The zero-order chi connectivity index (χ0) is 12.0. The van der Waals surface area contributed by atoms with Gasteiger partial charge in [0.25, 0.3) is 0 Å². The highest BCUT2D eigenvalue weighted by atomic mass is 32.2. The van der Waals surface area contributed by atoms with E-state index in [1.807, 2.05) is 0 Å². The van der Waals surface area contributed by atoms with Crippen LogP contribution in [0.3, 0.4) is 0 Å². The fourth-order valence-corrected chi connectivity index (χ4v) is 2.21. The minimum absolute atomic E-state index is 0.0564. The molecule has 1 aromatic rings. The van der Waals surface area contributed by atoms with Gasteiger partial charge in [-0.3, -0.25) is 4.68 Å². The van der Waals surface area contributed by atoms with Gasteiger partial charge in [-0.25, -0.2) is 18.1 Å². The lowest BCUT2D eigenvalue weighted by Crippen LogP contribution is -2.29. The third-order valence-electron chi connectivity index (χ3n) is 1.89. The Balaban J connectivity index is 2.29. The van der Waals surface area contributed by atoms with Crippen molar-refractivity contribution in [1.29, 1.82) is 0 Å². The Morgan fingerprint density at radius 2 is 2.31 bits per heavy atom. The molecule has 0 radical (unpaired) electrons. The van der Waals surface area contributed by atoms with Crippen molar-refractivity contribution in [2.24, 2.45) is 7.05 Å². The van der Waals surface area contributed by atoms with Crippen molar-refractivity contribution < 1.29 is 13.5 Å². The summed E-state index contributed by atoms with van der Waals surface area (Å²) in [5.41, 5.74) is 0. The molecule has 16 heavy (non-hydrogen) atoms. The number of aromatic nitrogens is 3. The maximum absolute atomic E-state index is 11.3. The quantitative estimate of drug-likeness (QED) is 0.622. The van der Waals surface area contributed by atoms with Gasteiger partial charge in [0.15, 0.2) is 5.82 Å². The largest absolute Gasteiger partial charge is 0.396 e. The SMILES string of the molecule is Cn1cnc(CCNS(=O)(=O)CCCO)n1. The molecule has 0 saturated heterocycles. The lowest BCUT2D eigenvalue weighted by Gasteiger charge is -2.03. The number of aryl methyl sites for hydroxylation is 1. The van der Waals surface area contributed by atoms with Crippen LogP contribution in [0.1, 0.15) is 12.2 Å². The average molecular weight is 248 g/mol. The van der Waals surface area contributed by atoms with Crippen molar-refractivity contribution >= 4 is 10.0 Å². The summed E-state index contributed by atoms with van der Waals surface area (Å²) < 4.78 is 26.6. The van der Waals surface area contributed by atoms with Crippen molar-refractivity contribution in [1.82, 2.24) is 19.5 Å². The summed E-state index contributed by atoms with van der Waals surface area (Å²) in [7, 11) is -1.53. The minimum Gasteiger partial charge on any atom is -0.396 e. The van der Waals surface area contributed by atoms with Crippen molar-refractivity contribution in [2.45, 2.75) is 12.8 Å². The Labute approximate surface area is 94.6 Å². The molecule has 2 N–H and O–H groups in total. The first-order chi connectivity index (χ1) is 7.53. The summed E-state index contributed by atoms with van der Waals surface area (Å²) in [5.74, 6) is 0.548. The van der Waals surface area contributed by atoms with E-state index in [4.69, 9.17) is 5.11 Å². The average Bonchev–Trinajstić information content (AvgIpc) is 2.61. The highest BCUT2D eigenvalue weighted by Gasteiger charge is 2.09. The number of nitrogens with zero attached hydrogens (tertiary/aromatic N) is 3. The maximum atomic E-state index is 11.3. The number of hydrogen-bond acceptors (Lipinski definition) is 5. The molecule has 0 saturated carbocycles. The summed E-state index contributed by atoms with van der Waals surface area (Å²) in [6.45, 7) is 0.153. The van der Waals surface area contributed by atoms with Crippen LogP contribution in [0.5, 0.6) is 0 Å². The molecule has 1 rings (SSSR count). The molecule has 0 bridgehead atoms. The summed E-state index contributed by atoms with van der Waals surface area (Å²) >= 11 is 0. The number of aliphatic hydroxyl groups excluding tert-OH is 1. The lowest BCUT2D eigenvalue weighted by molar-refractivity contribution is 0.295. The number of aliphatic hydroxyl groups is 1. The first-order valence-electron chi connectivity index (χ1n) is 4.96. The number of nitrogens with one attached hydrogen (secondary N) is 1. The van der Waals surface area contributed by atoms with Gasteiger partial charge in [-0.05, 0) is 6.42 Å². The predicted molar refractivity (Wildman–Crippen MR) is 58.2 cm³/mol. The molecule has 92 valence electrons. The van der Waals surface area contributed by atoms with E-state index in [1.54, 1.807) is 18.1 Å². The first kappa shape index (κ1) is 13.1. The van der Waals surface area contributed by atoms with Gasteiger partial charge in [-0.15, -0.1) is 0 Å². The van der Waals surface area contributed by atoms with Crippen LogP contribution in [0.2, 0.25) is 0 Å². The molecular weight excluding hydrogens is 232 g/mol. The monoisotopic (exact) mass is 248 g/mol. The Hall–Kier alpha value is -0.990. The minimum atomic E-state index is -3.28. The van der Waals surface area contributed by atoms with Crippen molar-refractivity contribution in [3.63, 3.8) is 0 Å². The predicted octanol–water partition coefficient (Wildman–Crippen LogP) is -1.34. The Bertz CT molecular complexity index is 415. The van der Waals surface area contributed by atoms with E-state index in [0.717, 1.165) is 0 Å². The van der Waals surface area contributed by atoms with Gasteiger partial charge in [0.05, 0.1) is 5.75 Å². The van der Waals surface area contributed by atoms with Crippen LogP contribution in [0.25, 0.3) is 0 Å². The molecule has 0 aromatic carbocycles. The van der Waals surface area contributed by atoms with Gasteiger partial charge < -0.3 is 5.11 Å². The molecule has 0 unspecified atom stereocenters. The molecule has 0 spiro atoms. The third-order valence-corrected chi connectivity index (χ3v) is 3.36. The molecule has 1 heterocycles. The van der Waals surface area contributed by atoms with E-state index in [0.29, 0.717) is 12.2 Å². The molecule has 0 fully saturated rings. The van der Waals surface area contributed by atoms with Crippen molar-refractivity contribution in [2.75, 3.05) is 18.9 Å². The third kappa shape index (κ3) is 4.69. The molecular formula is C8H16N4O3S. The van der Waals surface area contributed by atoms with Crippen LogP contribution in [0.15, 0.2) is 6.33 Å². The maximum Gasteiger partial charge on any atom is 0.211 e. The zero-order valence-electron chi connectivity index (χ0n) is 9.13. The first-order valence-corrected chi connectivity index (χ1v) is 6.61. The Morgan fingerprint density at radius 3 is 2.88 bits per heavy atom. The molecule has 1 aromatic heterocycles. The van der Waals surface area contributed by atoms with Gasteiger partial charge in [-0.1, -0.05) is 0 Å². The van der Waals surface area contributed by atoms with E-state index in [2.05, 4.69) is 14.8 Å². The van der Waals surface area contributed by atoms with E-state index < -0.39 is 10.0 Å². The normalized spacial score (nSPS) is 11.9. The lowest BCUT2D eigenvalue weighted by atomic mass is 10.4. The van der Waals surface area contributed by atoms with Crippen LogP contribution in [0, 0.1) is 0 Å². The van der Waals surface area contributed by atoms with Crippen molar-refractivity contribution in [3.05, 3.63) is 12.2 Å². The zero-order valence-corrected chi connectivity index (χ0v) is 9.94. The van der Waals surface area contributed by atoms with Crippen LogP contribution in [-0.2, 0) is 23.5 Å². The Morgan fingerprint density at radius 1 is 1.56 bits per heavy atom. The van der Waals surface area contributed by atoms with E-state index in [1.165, 1.54) is 0 Å². The topological polar surface area (TPSA) is 97.1 Å².